The lowest BCUT2D eigenvalue weighted by molar-refractivity contribution is -0.121. The number of H-pyrrole nitrogens is 1. The molecule has 0 saturated heterocycles. The summed E-state index contributed by atoms with van der Waals surface area (Å²) in [6, 6.07) is 7.23. The molecule has 0 radical (unpaired) electrons. The highest BCUT2D eigenvalue weighted by atomic mass is 16.2. The van der Waals surface area contributed by atoms with Crippen LogP contribution in [0.25, 0.3) is 10.9 Å². The molecular weight excluding hydrogens is 268 g/mol. The number of nitrogens with zero attached hydrogens (tertiary/aromatic N) is 1. The van der Waals surface area contributed by atoms with Gasteiger partial charge < -0.3 is 20.9 Å². The molecule has 0 atom stereocenters. The lowest BCUT2D eigenvalue weighted by atomic mass is 10.2. The van der Waals surface area contributed by atoms with E-state index in [1.54, 1.807) is 19.2 Å². The number of fused-ring (bicyclic) bond motifs is 1. The highest BCUT2D eigenvalue weighted by molar-refractivity contribution is 6.01. The number of aromatic nitrogens is 1. The molecule has 112 valence electrons. The molecule has 2 amide bonds. The molecule has 4 N–H and O–H groups in total. The molecular formula is C15H20N4O2. The third-order valence-electron chi connectivity index (χ3n) is 3.22. The van der Waals surface area contributed by atoms with Crippen molar-refractivity contribution in [1.82, 2.24) is 15.2 Å². The van der Waals surface area contributed by atoms with Gasteiger partial charge in [-0.1, -0.05) is 19.1 Å². The molecule has 0 fully saturated rings. The minimum atomic E-state index is -0.239. The van der Waals surface area contributed by atoms with Crippen molar-refractivity contribution in [2.75, 3.05) is 25.9 Å². The predicted molar refractivity (Wildman–Crippen MR) is 83.0 cm³/mol. The number of para-hydroxylation sites is 1. The maximum absolute atomic E-state index is 12.3. The van der Waals surface area contributed by atoms with Crippen molar-refractivity contribution in [3.05, 3.63) is 30.0 Å². The summed E-state index contributed by atoms with van der Waals surface area (Å²) < 4.78 is 0. The van der Waals surface area contributed by atoms with E-state index in [1.807, 2.05) is 19.1 Å². The Morgan fingerprint density at radius 3 is 2.81 bits per heavy atom. The van der Waals surface area contributed by atoms with Crippen LogP contribution in [0.15, 0.2) is 24.3 Å². The maximum Gasteiger partial charge on any atom is 0.270 e. The molecule has 0 spiro atoms. The molecule has 1 aromatic carbocycles. The van der Waals surface area contributed by atoms with E-state index in [2.05, 4.69) is 10.3 Å². The number of carbonyl (C=O) groups is 2. The van der Waals surface area contributed by atoms with Gasteiger partial charge >= 0.3 is 0 Å². The number of anilines is 1. The quantitative estimate of drug-likeness (QED) is 0.725. The summed E-state index contributed by atoms with van der Waals surface area (Å²) in [6.07, 6.45) is 0.866. The van der Waals surface area contributed by atoms with E-state index in [0.717, 1.165) is 17.3 Å². The van der Waals surface area contributed by atoms with Gasteiger partial charge in [0.2, 0.25) is 5.91 Å². The first kappa shape index (κ1) is 14.9. The number of hydrogen-bond acceptors (Lipinski definition) is 3. The van der Waals surface area contributed by atoms with Crippen molar-refractivity contribution >= 4 is 28.4 Å². The van der Waals surface area contributed by atoms with Gasteiger partial charge in [0, 0.05) is 19.0 Å². The summed E-state index contributed by atoms with van der Waals surface area (Å²) in [4.78, 5) is 28.3. The average Bonchev–Trinajstić information content (AvgIpc) is 2.89. The van der Waals surface area contributed by atoms with Crippen LogP contribution in [0.4, 0.5) is 5.69 Å². The molecule has 0 bridgehead atoms. The second-order valence-corrected chi connectivity index (χ2v) is 5.01. The zero-order valence-corrected chi connectivity index (χ0v) is 12.3. The van der Waals surface area contributed by atoms with Crippen LogP contribution in [-0.4, -0.2) is 41.8 Å². The van der Waals surface area contributed by atoms with Gasteiger partial charge in [-0.25, -0.2) is 0 Å². The summed E-state index contributed by atoms with van der Waals surface area (Å²) in [7, 11) is 1.60. The first-order valence-corrected chi connectivity index (χ1v) is 6.92. The van der Waals surface area contributed by atoms with Crippen LogP contribution in [0, 0.1) is 0 Å². The van der Waals surface area contributed by atoms with Gasteiger partial charge in [0.1, 0.15) is 5.69 Å². The Kier molecular flexibility index (Phi) is 4.47. The molecule has 1 aromatic heterocycles. The molecule has 6 heteroatoms. The predicted octanol–water partition coefficient (Wildman–Crippen LogP) is 1.35. The normalized spacial score (nSPS) is 10.6. The van der Waals surface area contributed by atoms with E-state index >= 15 is 0 Å². The molecule has 0 aliphatic heterocycles. The van der Waals surface area contributed by atoms with Crippen molar-refractivity contribution < 1.29 is 9.59 Å². The highest BCUT2D eigenvalue weighted by Gasteiger charge is 2.17. The Morgan fingerprint density at radius 2 is 2.14 bits per heavy atom. The lowest BCUT2D eigenvalue weighted by Gasteiger charge is -2.15. The fourth-order valence-electron chi connectivity index (χ4n) is 2.11. The van der Waals surface area contributed by atoms with Gasteiger partial charge in [0.15, 0.2) is 0 Å². The fourth-order valence-corrected chi connectivity index (χ4v) is 2.11. The monoisotopic (exact) mass is 288 g/mol. The highest BCUT2D eigenvalue weighted by Crippen LogP contribution is 2.21. The van der Waals surface area contributed by atoms with E-state index in [4.69, 9.17) is 5.73 Å². The number of amides is 2. The van der Waals surface area contributed by atoms with Crippen LogP contribution in [0.1, 0.15) is 23.8 Å². The second-order valence-electron chi connectivity index (χ2n) is 5.01. The van der Waals surface area contributed by atoms with Crippen LogP contribution in [0.2, 0.25) is 0 Å². The van der Waals surface area contributed by atoms with E-state index in [-0.39, 0.29) is 18.4 Å². The van der Waals surface area contributed by atoms with Crippen LogP contribution in [-0.2, 0) is 4.79 Å². The zero-order chi connectivity index (χ0) is 15.4. The molecule has 0 aliphatic carbocycles. The van der Waals surface area contributed by atoms with Gasteiger partial charge in [-0.15, -0.1) is 0 Å². The van der Waals surface area contributed by atoms with Crippen LogP contribution >= 0.6 is 0 Å². The minimum absolute atomic E-state index is 0.0314. The molecule has 2 rings (SSSR count). The van der Waals surface area contributed by atoms with Crippen LogP contribution in [0.3, 0.4) is 0 Å². The van der Waals surface area contributed by atoms with Gasteiger partial charge in [0.25, 0.3) is 5.91 Å². The zero-order valence-electron chi connectivity index (χ0n) is 12.3. The first-order valence-electron chi connectivity index (χ1n) is 6.92. The smallest absolute Gasteiger partial charge is 0.270 e. The first-order chi connectivity index (χ1) is 10.0. The Hall–Kier alpha value is -2.50. The maximum atomic E-state index is 12.3. The average molecular weight is 288 g/mol. The Labute approximate surface area is 123 Å². The molecule has 0 aliphatic rings. The summed E-state index contributed by atoms with van der Waals surface area (Å²) in [5.41, 5.74) is 7.62. The second kappa shape index (κ2) is 6.30. The third-order valence-corrected chi connectivity index (χ3v) is 3.22. The van der Waals surface area contributed by atoms with Gasteiger partial charge in [-0.3, -0.25) is 9.59 Å². The number of nitrogens with one attached hydrogen (secondary N) is 2. The number of nitrogen functional groups attached to an aromatic ring is 1. The van der Waals surface area contributed by atoms with Crippen LogP contribution in [0.5, 0.6) is 0 Å². The van der Waals surface area contributed by atoms with Crippen molar-refractivity contribution in [3.8, 4) is 0 Å². The number of benzene rings is 1. The largest absolute Gasteiger partial charge is 0.397 e. The van der Waals surface area contributed by atoms with Crippen molar-refractivity contribution in [1.29, 1.82) is 0 Å². The summed E-state index contributed by atoms with van der Waals surface area (Å²) in [6.45, 7) is 2.62. The minimum Gasteiger partial charge on any atom is -0.397 e. The van der Waals surface area contributed by atoms with Crippen molar-refractivity contribution in [3.63, 3.8) is 0 Å². The van der Waals surface area contributed by atoms with Gasteiger partial charge in [-0.2, -0.15) is 0 Å². The number of hydrogen-bond donors (Lipinski definition) is 3. The summed E-state index contributed by atoms with van der Waals surface area (Å²) in [5, 5.41) is 3.62. The Balaban J connectivity index is 2.10. The third kappa shape index (κ3) is 3.34. The molecule has 2 aromatic rings. The Morgan fingerprint density at radius 1 is 1.38 bits per heavy atom. The SMILES string of the molecule is CCCNC(=O)CN(C)C(=O)c1cc2cccc(N)c2[nH]1. The van der Waals surface area contributed by atoms with E-state index < -0.39 is 0 Å². The van der Waals surface area contributed by atoms with Crippen molar-refractivity contribution in [2.24, 2.45) is 0 Å². The lowest BCUT2D eigenvalue weighted by Crippen LogP contribution is -2.38. The standard InChI is InChI=1S/C15H20N4O2/c1-3-7-17-13(20)9-19(2)15(21)12-8-10-5-4-6-11(16)14(10)18-12/h4-6,8,18H,3,7,9,16H2,1-2H3,(H,17,20). The molecule has 1 heterocycles. The topological polar surface area (TPSA) is 91.2 Å². The van der Waals surface area contributed by atoms with Gasteiger partial charge in [-0.05, 0) is 18.6 Å². The molecule has 6 nitrogen and oxygen atoms in total. The van der Waals surface area contributed by atoms with Crippen molar-refractivity contribution in [2.45, 2.75) is 13.3 Å². The summed E-state index contributed by atoms with van der Waals surface area (Å²) in [5.74, 6) is -0.402. The molecule has 0 saturated carbocycles. The number of likely N-dealkylation sites (N-methyl/N-ethyl adjacent to an activating group) is 1. The van der Waals surface area contributed by atoms with E-state index in [9.17, 15) is 9.59 Å². The molecule has 21 heavy (non-hydrogen) atoms. The van der Waals surface area contributed by atoms with Gasteiger partial charge in [0.05, 0.1) is 17.7 Å². The number of nitrogens with two attached hydrogens (primary N) is 1. The van der Waals surface area contributed by atoms with E-state index in [1.165, 1.54) is 4.90 Å². The summed E-state index contributed by atoms with van der Waals surface area (Å²) >= 11 is 0. The number of aromatic amines is 1. The van der Waals surface area contributed by atoms with E-state index in [0.29, 0.717) is 17.9 Å². The molecule has 0 unspecified atom stereocenters. The Bertz CT molecular complexity index is 663. The fraction of sp³-hybridized carbons (Fsp3) is 0.333. The number of carbonyl (C=O) groups excluding carboxylic acids is 2. The van der Waals surface area contributed by atoms with Crippen LogP contribution < -0.4 is 11.1 Å². The number of rotatable bonds is 5.